The second-order valence-corrected chi connectivity index (χ2v) is 4.08. The predicted octanol–water partition coefficient (Wildman–Crippen LogP) is 2.18. The maximum atomic E-state index is 12.1. The van der Waals surface area contributed by atoms with Crippen molar-refractivity contribution < 1.29 is 14.4 Å². The van der Waals surface area contributed by atoms with Crippen LogP contribution in [-0.4, -0.2) is 19.4 Å². The molecule has 1 aromatic carbocycles. The Morgan fingerprint density at radius 2 is 2.05 bits per heavy atom. The molecule has 2 amide bonds. The van der Waals surface area contributed by atoms with Gasteiger partial charge in [0.25, 0.3) is 0 Å². The number of para-hydroxylation sites is 1. The summed E-state index contributed by atoms with van der Waals surface area (Å²) < 4.78 is 0. The lowest BCUT2D eigenvalue weighted by Crippen LogP contribution is -2.29. The van der Waals surface area contributed by atoms with Crippen LogP contribution in [0.1, 0.15) is 13.3 Å². The van der Waals surface area contributed by atoms with E-state index < -0.39 is 0 Å². The van der Waals surface area contributed by atoms with Crippen molar-refractivity contribution in [3.63, 3.8) is 0 Å². The molecule has 106 valence electrons. The molecule has 0 fully saturated rings. The van der Waals surface area contributed by atoms with Gasteiger partial charge >= 0.3 is 0 Å². The first-order chi connectivity index (χ1) is 9.69. The van der Waals surface area contributed by atoms with Crippen LogP contribution in [0, 0.1) is 0 Å². The predicted molar refractivity (Wildman–Crippen MR) is 77.7 cm³/mol. The highest BCUT2D eigenvalue weighted by Crippen LogP contribution is 2.14. The molecule has 5 nitrogen and oxygen atoms in total. The van der Waals surface area contributed by atoms with Crippen molar-refractivity contribution in [2.24, 2.45) is 0 Å². The smallest absolute Gasteiger partial charge is 0.237 e. The average Bonchev–Trinajstić information content (AvgIpc) is 2.45. The van der Waals surface area contributed by atoms with Crippen molar-refractivity contribution in [3.8, 4) is 0 Å². The van der Waals surface area contributed by atoms with Gasteiger partial charge in [-0.2, -0.15) is 0 Å². The van der Waals surface area contributed by atoms with Crippen molar-refractivity contribution in [1.29, 1.82) is 0 Å². The van der Waals surface area contributed by atoms with Gasteiger partial charge < -0.3 is 0 Å². The number of hydrogen-bond donors (Lipinski definition) is 1. The fourth-order valence-corrected chi connectivity index (χ4v) is 1.55. The number of nitrogens with zero attached hydrogens (tertiary/aromatic N) is 1. The number of imide groups is 1. The molecular formula is C15H18N2O3. The third-order valence-electron chi connectivity index (χ3n) is 2.50. The summed E-state index contributed by atoms with van der Waals surface area (Å²) in [5, 5.41) is 0. The summed E-state index contributed by atoms with van der Waals surface area (Å²) in [7, 11) is 1.51. The lowest BCUT2D eigenvalue weighted by molar-refractivity contribution is -0.121. The molecule has 1 rings (SSSR count). The molecule has 5 heteroatoms. The maximum absolute atomic E-state index is 12.1. The van der Waals surface area contributed by atoms with Gasteiger partial charge in [0.05, 0.1) is 12.8 Å². The van der Waals surface area contributed by atoms with Crippen molar-refractivity contribution in [1.82, 2.24) is 5.48 Å². The number of nitrogens with one attached hydrogen (secondary N) is 1. The molecule has 1 aromatic rings. The zero-order chi connectivity index (χ0) is 14.8. The Bertz CT molecular complexity index is 495. The van der Waals surface area contributed by atoms with Crippen molar-refractivity contribution in [3.05, 3.63) is 54.3 Å². The number of amides is 2. The summed E-state index contributed by atoms with van der Waals surface area (Å²) in [5.41, 5.74) is 3.95. The number of rotatable bonds is 7. The zero-order valence-corrected chi connectivity index (χ0v) is 11.6. The van der Waals surface area contributed by atoms with Gasteiger partial charge in [-0.1, -0.05) is 29.8 Å². The molecule has 0 saturated carbocycles. The first-order valence-electron chi connectivity index (χ1n) is 6.12. The largest absolute Gasteiger partial charge is 0.280 e. The average molecular weight is 274 g/mol. The lowest BCUT2D eigenvalue weighted by atomic mass is 10.1. The van der Waals surface area contributed by atoms with Crippen LogP contribution in [0.5, 0.6) is 0 Å². The van der Waals surface area contributed by atoms with Gasteiger partial charge in [0, 0.05) is 12.6 Å². The van der Waals surface area contributed by atoms with Crippen LogP contribution in [0.15, 0.2) is 54.3 Å². The van der Waals surface area contributed by atoms with Crippen LogP contribution < -0.4 is 10.4 Å². The second-order valence-electron chi connectivity index (χ2n) is 4.08. The van der Waals surface area contributed by atoms with E-state index in [1.807, 2.05) is 13.0 Å². The van der Waals surface area contributed by atoms with E-state index in [1.165, 1.54) is 7.11 Å². The number of benzene rings is 1. The highest BCUT2D eigenvalue weighted by Gasteiger charge is 2.14. The molecule has 20 heavy (non-hydrogen) atoms. The number of anilines is 1. The lowest BCUT2D eigenvalue weighted by Gasteiger charge is -2.15. The maximum Gasteiger partial charge on any atom is 0.237 e. The van der Waals surface area contributed by atoms with E-state index in [4.69, 9.17) is 0 Å². The summed E-state index contributed by atoms with van der Waals surface area (Å²) in [4.78, 5) is 28.9. The van der Waals surface area contributed by atoms with Crippen LogP contribution in [-0.2, 0) is 14.4 Å². The third-order valence-corrected chi connectivity index (χ3v) is 2.50. The Kier molecular flexibility index (Phi) is 6.78. The van der Waals surface area contributed by atoms with E-state index in [1.54, 1.807) is 42.6 Å². The fourth-order valence-electron chi connectivity index (χ4n) is 1.55. The summed E-state index contributed by atoms with van der Waals surface area (Å²) in [6, 6.07) is 8.82. The Labute approximate surface area is 118 Å². The van der Waals surface area contributed by atoms with E-state index in [2.05, 4.69) is 10.3 Å². The molecule has 0 radical (unpaired) electrons. The topological polar surface area (TPSA) is 58.6 Å². The number of allylic oxidation sites excluding steroid dienone is 2. The van der Waals surface area contributed by atoms with E-state index in [9.17, 15) is 9.59 Å². The van der Waals surface area contributed by atoms with Gasteiger partial charge in [0.2, 0.25) is 12.3 Å². The van der Waals surface area contributed by atoms with Gasteiger partial charge in [-0.25, -0.2) is 0 Å². The Balaban J connectivity index is 2.67. The Hall–Kier alpha value is -2.40. The quantitative estimate of drug-likeness (QED) is 0.470. The molecule has 0 heterocycles. The molecule has 1 N–H and O–H groups in total. The molecule has 0 saturated heterocycles. The molecule has 0 bridgehead atoms. The van der Waals surface area contributed by atoms with Crippen LogP contribution in [0.2, 0.25) is 0 Å². The summed E-state index contributed by atoms with van der Waals surface area (Å²) >= 11 is 0. The van der Waals surface area contributed by atoms with Gasteiger partial charge in [-0.15, -0.1) is 0 Å². The van der Waals surface area contributed by atoms with Crippen LogP contribution >= 0.6 is 0 Å². The van der Waals surface area contributed by atoms with Gasteiger partial charge in [0.1, 0.15) is 0 Å². The molecule has 0 aliphatic carbocycles. The molecule has 0 aliphatic rings. The van der Waals surface area contributed by atoms with Crippen molar-refractivity contribution in [2.45, 2.75) is 13.3 Å². The summed E-state index contributed by atoms with van der Waals surface area (Å²) in [6.07, 6.45) is 5.80. The number of hydroxylamine groups is 1. The van der Waals surface area contributed by atoms with Gasteiger partial charge in [-0.3, -0.25) is 24.8 Å². The highest BCUT2D eigenvalue weighted by molar-refractivity contribution is 6.07. The normalized spacial score (nSPS) is 11.4. The van der Waals surface area contributed by atoms with Gasteiger partial charge in [0.15, 0.2) is 0 Å². The zero-order valence-electron chi connectivity index (χ0n) is 11.6. The molecular weight excluding hydrogens is 256 g/mol. The number of hydrogen-bond acceptors (Lipinski definition) is 4. The Morgan fingerprint density at radius 1 is 1.35 bits per heavy atom. The van der Waals surface area contributed by atoms with Gasteiger partial charge in [-0.05, 0) is 25.1 Å². The first-order valence-corrected chi connectivity index (χ1v) is 6.12. The Morgan fingerprint density at radius 3 is 2.65 bits per heavy atom. The van der Waals surface area contributed by atoms with E-state index >= 15 is 0 Å². The third kappa shape index (κ3) is 5.07. The summed E-state index contributed by atoms with van der Waals surface area (Å²) in [5.74, 6) is -0.270. The minimum absolute atomic E-state index is 0.172. The molecule has 0 atom stereocenters. The SMILES string of the molecule is CON/C=C\C=C(\C)CC(=O)N(C=O)c1ccccc1. The summed E-state index contributed by atoms with van der Waals surface area (Å²) in [6.45, 7) is 1.82. The minimum Gasteiger partial charge on any atom is -0.280 e. The number of carbonyl (C=O) groups excluding carboxylic acids is 2. The monoisotopic (exact) mass is 274 g/mol. The van der Waals surface area contributed by atoms with Crippen molar-refractivity contribution in [2.75, 3.05) is 12.0 Å². The second kappa shape index (κ2) is 8.66. The molecule has 0 aromatic heterocycles. The van der Waals surface area contributed by atoms with Crippen LogP contribution in [0.3, 0.4) is 0 Å². The fraction of sp³-hybridized carbons (Fsp3) is 0.200. The first kappa shape index (κ1) is 15.7. The standard InChI is InChI=1S/C15H18N2O3/c1-13(7-6-10-16-20-2)11-15(19)17(12-18)14-8-4-3-5-9-14/h3-10,12,16H,11H2,1-2H3/b10-6-,13-7-. The van der Waals surface area contributed by atoms with E-state index in [-0.39, 0.29) is 12.3 Å². The van der Waals surface area contributed by atoms with Crippen LogP contribution in [0.4, 0.5) is 5.69 Å². The van der Waals surface area contributed by atoms with E-state index in [0.29, 0.717) is 12.1 Å². The van der Waals surface area contributed by atoms with E-state index in [0.717, 1.165) is 10.5 Å². The van der Waals surface area contributed by atoms with Crippen LogP contribution in [0.25, 0.3) is 0 Å². The minimum atomic E-state index is -0.270. The molecule has 0 spiro atoms. The molecule has 0 aliphatic heterocycles. The van der Waals surface area contributed by atoms with Crippen molar-refractivity contribution >= 4 is 18.0 Å². The molecule has 0 unspecified atom stereocenters. The number of carbonyl (C=O) groups is 2. The highest BCUT2D eigenvalue weighted by atomic mass is 16.6.